The molecule has 0 amide bonds. The summed E-state index contributed by atoms with van der Waals surface area (Å²) in [6, 6.07) is 8.38. The number of hydrogen-bond acceptors (Lipinski definition) is 10. The van der Waals surface area contributed by atoms with Gasteiger partial charge in [0.25, 0.3) is 0 Å². The predicted octanol–water partition coefficient (Wildman–Crippen LogP) is 4.49. The number of aryl methyl sites for hydroxylation is 3. The van der Waals surface area contributed by atoms with Gasteiger partial charge in [0.15, 0.2) is 5.13 Å². The van der Waals surface area contributed by atoms with E-state index in [2.05, 4.69) is 55.2 Å². The molecule has 0 bridgehead atoms. The number of thiazole rings is 1. The third-order valence-corrected chi connectivity index (χ3v) is 7.35. The Morgan fingerprint density at radius 1 is 1.11 bits per heavy atom. The third-order valence-electron chi connectivity index (χ3n) is 6.45. The Morgan fingerprint density at radius 3 is 2.65 bits per heavy atom. The molecule has 1 fully saturated rings. The average Bonchev–Trinajstić information content (AvgIpc) is 3.37. The summed E-state index contributed by atoms with van der Waals surface area (Å²) in [6.45, 7) is 11.1. The second-order valence-corrected chi connectivity index (χ2v) is 9.98. The number of hydrogen-bond donors (Lipinski definition) is 1. The number of methoxy groups -OCH3 is 1. The fourth-order valence-electron chi connectivity index (χ4n) is 4.51. The van der Waals surface area contributed by atoms with Crippen LogP contribution in [0.1, 0.15) is 46.9 Å². The summed E-state index contributed by atoms with van der Waals surface area (Å²) in [7, 11) is 1.72. The minimum Gasteiger partial charge on any atom is -0.497 e. The molecular formula is C27H36N6O3S. The molecule has 4 rings (SSSR count). The van der Waals surface area contributed by atoms with E-state index in [0.29, 0.717) is 28.3 Å². The molecule has 0 saturated carbocycles. The van der Waals surface area contributed by atoms with Crippen LogP contribution in [0.2, 0.25) is 0 Å². The maximum absolute atomic E-state index is 11.9. The molecule has 9 nitrogen and oxygen atoms in total. The van der Waals surface area contributed by atoms with Crippen molar-refractivity contribution >= 4 is 34.1 Å². The fraction of sp³-hybridized carbons (Fsp3) is 0.481. The van der Waals surface area contributed by atoms with E-state index in [4.69, 9.17) is 9.47 Å². The molecule has 10 heteroatoms. The molecule has 198 valence electrons. The molecule has 37 heavy (non-hydrogen) atoms. The molecule has 0 unspecified atom stereocenters. The first-order valence-corrected chi connectivity index (χ1v) is 13.7. The van der Waals surface area contributed by atoms with Crippen LogP contribution >= 0.6 is 11.3 Å². The maximum Gasteiger partial charge on any atom is 0.350 e. The Kier molecular flexibility index (Phi) is 9.29. The quantitative estimate of drug-likeness (QED) is 0.364. The molecule has 1 aromatic carbocycles. The van der Waals surface area contributed by atoms with Crippen molar-refractivity contribution in [2.75, 3.05) is 56.7 Å². The van der Waals surface area contributed by atoms with Gasteiger partial charge in [-0.2, -0.15) is 0 Å². The topological polar surface area (TPSA) is 92.7 Å². The van der Waals surface area contributed by atoms with Crippen LogP contribution in [0.5, 0.6) is 5.75 Å². The Bertz CT molecular complexity index is 1190. The Hall–Kier alpha value is -3.24. The number of nitrogens with zero attached hydrogens (tertiary/aromatic N) is 5. The van der Waals surface area contributed by atoms with Gasteiger partial charge in [-0.05, 0) is 62.9 Å². The molecule has 1 aliphatic heterocycles. The predicted molar refractivity (Wildman–Crippen MR) is 147 cm³/mol. The van der Waals surface area contributed by atoms with Gasteiger partial charge in [0, 0.05) is 32.2 Å². The summed E-state index contributed by atoms with van der Waals surface area (Å²) in [5, 5.41) is 3.81. The molecule has 1 saturated heterocycles. The average molecular weight is 525 g/mol. The SMILES string of the molecule is CCOC(=O)c1cnc(Nc2cc(N3CCN(CCCc4ccc(OC)cc4CC)CC3)nc(C)n2)s1. The Labute approximate surface area is 222 Å². The summed E-state index contributed by atoms with van der Waals surface area (Å²) in [5.74, 6) is 2.84. The van der Waals surface area contributed by atoms with Gasteiger partial charge in [-0.3, -0.25) is 4.90 Å². The number of aromatic nitrogens is 3. The van der Waals surface area contributed by atoms with Gasteiger partial charge in [0.2, 0.25) is 0 Å². The number of carbonyl (C=O) groups excluding carboxylic acids is 1. The van der Waals surface area contributed by atoms with Gasteiger partial charge in [0.1, 0.15) is 28.1 Å². The number of nitrogens with one attached hydrogen (secondary N) is 1. The number of piperazine rings is 1. The molecule has 0 spiro atoms. The van der Waals surface area contributed by atoms with Gasteiger partial charge < -0.3 is 19.7 Å². The summed E-state index contributed by atoms with van der Waals surface area (Å²) >= 11 is 1.25. The van der Waals surface area contributed by atoms with Crippen LogP contribution in [-0.4, -0.2) is 72.3 Å². The van der Waals surface area contributed by atoms with Gasteiger partial charge in [-0.25, -0.2) is 19.7 Å². The summed E-state index contributed by atoms with van der Waals surface area (Å²) in [6.07, 6.45) is 4.77. The number of benzene rings is 1. The largest absolute Gasteiger partial charge is 0.497 e. The first-order valence-electron chi connectivity index (χ1n) is 12.9. The van der Waals surface area contributed by atoms with E-state index in [9.17, 15) is 4.79 Å². The highest BCUT2D eigenvalue weighted by Crippen LogP contribution is 2.25. The molecule has 1 N–H and O–H groups in total. The molecule has 0 radical (unpaired) electrons. The van der Waals surface area contributed by atoms with Crippen LogP contribution in [0.4, 0.5) is 16.8 Å². The number of rotatable bonds is 11. The normalized spacial score (nSPS) is 14.0. The van der Waals surface area contributed by atoms with Gasteiger partial charge >= 0.3 is 5.97 Å². The van der Waals surface area contributed by atoms with Crippen molar-refractivity contribution in [1.29, 1.82) is 0 Å². The van der Waals surface area contributed by atoms with Gasteiger partial charge in [-0.1, -0.05) is 24.3 Å². The van der Waals surface area contributed by atoms with E-state index in [1.165, 1.54) is 28.7 Å². The van der Waals surface area contributed by atoms with E-state index in [0.717, 1.165) is 63.6 Å². The summed E-state index contributed by atoms with van der Waals surface area (Å²) in [5.41, 5.74) is 2.80. The van der Waals surface area contributed by atoms with Crippen molar-refractivity contribution < 1.29 is 14.3 Å². The zero-order valence-corrected chi connectivity index (χ0v) is 22.9. The zero-order valence-electron chi connectivity index (χ0n) is 22.1. The van der Waals surface area contributed by atoms with Crippen molar-refractivity contribution in [3.05, 3.63) is 52.3 Å². The van der Waals surface area contributed by atoms with Crippen LogP contribution < -0.4 is 15.0 Å². The second-order valence-electron chi connectivity index (χ2n) is 8.95. The van der Waals surface area contributed by atoms with Crippen LogP contribution in [0, 0.1) is 6.92 Å². The first kappa shape index (κ1) is 26.8. The second kappa shape index (κ2) is 12.8. The molecule has 1 aliphatic rings. The minimum absolute atomic E-state index is 0.337. The molecule has 0 aliphatic carbocycles. The third kappa shape index (κ3) is 7.17. The molecule has 3 heterocycles. The molecule has 0 atom stereocenters. The Morgan fingerprint density at radius 2 is 1.92 bits per heavy atom. The van der Waals surface area contributed by atoms with Crippen molar-refractivity contribution in [3.63, 3.8) is 0 Å². The minimum atomic E-state index is -0.361. The van der Waals surface area contributed by atoms with Crippen molar-refractivity contribution in [3.8, 4) is 5.75 Å². The molecule has 2 aromatic heterocycles. The van der Waals surface area contributed by atoms with E-state index in [1.54, 1.807) is 14.0 Å². The molecule has 3 aromatic rings. The van der Waals surface area contributed by atoms with E-state index in [1.807, 2.05) is 13.0 Å². The summed E-state index contributed by atoms with van der Waals surface area (Å²) in [4.78, 5) is 30.7. The number of carbonyl (C=O) groups is 1. The van der Waals surface area contributed by atoms with E-state index < -0.39 is 0 Å². The lowest BCUT2D eigenvalue weighted by Gasteiger charge is -2.35. The molecular weight excluding hydrogens is 488 g/mol. The van der Waals surface area contributed by atoms with Crippen LogP contribution in [-0.2, 0) is 17.6 Å². The van der Waals surface area contributed by atoms with Crippen LogP contribution in [0.15, 0.2) is 30.5 Å². The number of anilines is 3. The van der Waals surface area contributed by atoms with Crippen LogP contribution in [0.25, 0.3) is 0 Å². The van der Waals surface area contributed by atoms with Crippen LogP contribution in [0.3, 0.4) is 0 Å². The highest BCUT2D eigenvalue weighted by atomic mass is 32.1. The monoisotopic (exact) mass is 524 g/mol. The maximum atomic E-state index is 11.9. The standard InChI is InChI=1S/C27H36N6O3S/c1-5-20-16-22(35-4)10-9-21(20)8-7-11-32-12-14-33(15-13-32)25-17-24(29-19(3)30-25)31-27-28-18-23(37-27)26(34)36-6-2/h9-10,16-18H,5-8,11-15H2,1-4H3,(H,28,29,30,31). The lowest BCUT2D eigenvalue weighted by Crippen LogP contribution is -2.47. The smallest absolute Gasteiger partial charge is 0.350 e. The fourth-order valence-corrected chi connectivity index (χ4v) is 5.23. The highest BCUT2D eigenvalue weighted by Gasteiger charge is 2.19. The van der Waals surface area contributed by atoms with Crippen molar-refractivity contribution in [1.82, 2.24) is 19.9 Å². The van der Waals surface area contributed by atoms with Crippen molar-refractivity contribution in [2.45, 2.75) is 40.0 Å². The number of ether oxygens (including phenoxy) is 2. The zero-order chi connectivity index (χ0) is 26.2. The highest BCUT2D eigenvalue weighted by molar-refractivity contribution is 7.17. The van der Waals surface area contributed by atoms with E-state index >= 15 is 0 Å². The summed E-state index contributed by atoms with van der Waals surface area (Å²) < 4.78 is 10.4. The lowest BCUT2D eigenvalue weighted by atomic mass is 10.0. The van der Waals surface area contributed by atoms with E-state index in [-0.39, 0.29) is 5.97 Å². The van der Waals surface area contributed by atoms with Gasteiger partial charge in [0.05, 0.1) is 19.9 Å². The number of esters is 1. The van der Waals surface area contributed by atoms with Gasteiger partial charge in [-0.15, -0.1) is 0 Å². The lowest BCUT2D eigenvalue weighted by molar-refractivity contribution is 0.0532. The first-order chi connectivity index (χ1) is 18.0. The van der Waals surface area contributed by atoms with Crippen molar-refractivity contribution in [2.24, 2.45) is 0 Å². The Balaban J connectivity index is 1.29.